The van der Waals surface area contributed by atoms with E-state index in [4.69, 9.17) is 5.73 Å². The fraction of sp³-hybridized carbons (Fsp3) is 0.750. The minimum atomic E-state index is 0.494. The van der Waals surface area contributed by atoms with Crippen molar-refractivity contribution in [1.29, 1.82) is 0 Å². The molecule has 3 heteroatoms. The van der Waals surface area contributed by atoms with E-state index >= 15 is 0 Å². The molecule has 1 rings (SSSR count). The Balaban J connectivity index is 3.17. The van der Waals surface area contributed by atoms with Gasteiger partial charge in [-0.1, -0.05) is 27.7 Å². The van der Waals surface area contributed by atoms with Crippen molar-refractivity contribution in [2.45, 2.75) is 40.5 Å². The lowest BCUT2D eigenvalue weighted by atomic mass is 9.82. The van der Waals surface area contributed by atoms with Gasteiger partial charge in [0.05, 0.1) is 5.69 Å². The minimum absolute atomic E-state index is 0.494. The van der Waals surface area contributed by atoms with E-state index in [1.54, 1.807) is 4.68 Å². The maximum absolute atomic E-state index is 5.94. The van der Waals surface area contributed by atoms with Gasteiger partial charge in [-0.25, -0.2) is 0 Å². The Bertz CT molecular complexity index is 329. The Labute approximate surface area is 92.7 Å². The van der Waals surface area contributed by atoms with Crippen LogP contribution >= 0.6 is 0 Å². The number of nitrogen functional groups attached to an aromatic ring is 1. The van der Waals surface area contributed by atoms with E-state index in [1.807, 2.05) is 7.05 Å². The van der Waals surface area contributed by atoms with Crippen LogP contribution in [0.1, 0.15) is 44.9 Å². The summed E-state index contributed by atoms with van der Waals surface area (Å²) in [5, 5.41) is 4.54. The highest BCUT2D eigenvalue weighted by atomic mass is 15.3. The van der Waals surface area contributed by atoms with Crippen molar-refractivity contribution in [2.75, 3.05) is 5.73 Å². The smallest absolute Gasteiger partial charge is 0.124 e. The zero-order chi connectivity index (χ0) is 11.7. The van der Waals surface area contributed by atoms with Crippen LogP contribution in [-0.2, 0) is 7.05 Å². The van der Waals surface area contributed by atoms with Gasteiger partial charge in [0.1, 0.15) is 5.82 Å². The number of hydrogen-bond acceptors (Lipinski definition) is 2. The molecule has 1 aromatic rings. The molecule has 0 aliphatic carbocycles. The molecule has 0 fully saturated rings. The van der Waals surface area contributed by atoms with Crippen LogP contribution in [0, 0.1) is 18.8 Å². The molecule has 1 aromatic heterocycles. The lowest BCUT2D eigenvalue weighted by Gasteiger charge is -2.23. The van der Waals surface area contributed by atoms with Gasteiger partial charge in [-0.2, -0.15) is 5.10 Å². The first kappa shape index (κ1) is 12.1. The number of anilines is 1. The predicted molar refractivity (Wildman–Crippen MR) is 64.8 cm³/mol. The van der Waals surface area contributed by atoms with Gasteiger partial charge in [0.15, 0.2) is 0 Å². The molecule has 0 spiro atoms. The topological polar surface area (TPSA) is 43.8 Å². The second-order valence-corrected chi connectivity index (χ2v) is 5.03. The Morgan fingerprint density at radius 3 is 1.87 bits per heavy atom. The highest BCUT2D eigenvalue weighted by molar-refractivity contribution is 5.43. The monoisotopic (exact) mass is 209 g/mol. The van der Waals surface area contributed by atoms with Crippen molar-refractivity contribution in [2.24, 2.45) is 18.9 Å². The first-order valence-electron chi connectivity index (χ1n) is 5.65. The average Bonchev–Trinajstić information content (AvgIpc) is 2.33. The summed E-state index contributed by atoms with van der Waals surface area (Å²) >= 11 is 0. The summed E-state index contributed by atoms with van der Waals surface area (Å²) in [7, 11) is 1.91. The highest BCUT2D eigenvalue weighted by Gasteiger charge is 2.25. The van der Waals surface area contributed by atoms with Gasteiger partial charge in [-0.3, -0.25) is 4.68 Å². The Kier molecular flexibility index (Phi) is 3.42. The van der Waals surface area contributed by atoms with Gasteiger partial charge in [-0.05, 0) is 18.8 Å². The molecule has 0 amide bonds. The standard InChI is InChI=1S/C12H23N3/c1-7(2)10(8(3)4)11-9(5)12(13)15(6)14-11/h7-8,10H,13H2,1-6H3. The molecule has 15 heavy (non-hydrogen) atoms. The second kappa shape index (κ2) is 4.25. The Morgan fingerprint density at radius 1 is 1.13 bits per heavy atom. The maximum atomic E-state index is 5.94. The van der Waals surface area contributed by atoms with E-state index in [0.29, 0.717) is 17.8 Å². The lowest BCUT2D eigenvalue weighted by Crippen LogP contribution is -2.15. The van der Waals surface area contributed by atoms with E-state index < -0.39 is 0 Å². The third-order valence-corrected chi connectivity index (χ3v) is 3.13. The van der Waals surface area contributed by atoms with Crippen LogP contribution < -0.4 is 5.73 Å². The molecule has 0 aliphatic heterocycles. The molecule has 0 atom stereocenters. The summed E-state index contributed by atoms with van der Waals surface area (Å²) in [6.07, 6.45) is 0. The molecular weight excluding hydrogens is 186 g/mol. The SMILES string of the molecule is Cc1c(C(C(C)C)C(C)C)nn(C)c1N. The van der Waals surface area contributed by atoms with Gasteiger partial charge in [-0.15, -0.1) is 0 Å². The van der Waals surface area contributed by atoms with Crippen LogP contribution in [0.15, 0.2) is 0 Å². The third-order valence-electron chi connectivity index (χ3n) is 3.13. The molecule has 0 radical (unpaired) electrons. The van der Waals surface area contributed by atoms with Gasteiger partial charge < -0.3 is 5.73 Å². The molecular formula is C12H23N3. The lowest BCUT2D eigenvalue weighted by molar-refractivity contribution is 0.376. The Hall–Kier alpha value is -0.990. The molecule has 3 nitrogen and oxygen atoms in total. The van der Waals surface area contributed by atoms with Crippen LogP contribution in [0.5, 0.6) is 0 Å². The number of nitrogens with zero attached hydrogens (tertiary/aromatic N) is 2. The number of rotatable bonds is 3. The van der Waals surface area contributed by atoms with Gasteiger partial charge in [0.25, 0.3) is 0 Å². The Morgan fingerprint density at radius 2 is 1.60 bits per heavy atom. The van der Waals surface area contributed by atoms with Crippen molar-refractivity contribution in [3.05, 3.63) is 11.3 Å². The number of aryl methyl sites for hydroxylation is 1. The quantitative estimate of drug-likeness (QED) is 0.831. The van der Waals surface area contributed by atoms with Crippen LogP contribution in [0.3, 0.4) is 0 Å². The summed E-state index contributed by atoms with van der Waals surface area (Å²) in [4.78, 5) is 0. The largest absolute Gasteiger partial charge is 0.384 e. The maximum Gasteiger partial charge on any atom is 0.124 e. The van der Waals surface area contributed by atoms with Crippen LogP contribution in [0.2, 0.25) is 0 Å². The van der Waals surface area contributed by atoms with E-state index in [1.165, 1.54) is 5.69 Å². The molecule has 0 unspecified atom stereocenters. The van der Waals surface area contributed by atoms with E-state index in [2.05, 4.69) is 39.7 Å². The molecule has 0 aromatic carbocycles. The summed E-state index contributed by atoms with van der Waals surface area (Å²) in [5.41, 5.74) is 8.25. The second-order valence-electron chi connectivity index (χ2n) is 5.03. The van der Waals surface area contributed by atoms with Gasteiger partial charge >= 0.3 is 0 Å². The molecule has 0 saturated heterocycles. The normalized spacial score (nSPS) is 12.1. The van der Waals surface area contributed by atoms with Crippen molar-refractivity contribution in [3.8, 4) is 0 Å². The minimum Gasteiger partial charge on any atom is -0.384 e. The highest BCUT2D eigenvalue weighted by Crippen LogP contribution is 2.34. The van der Waals surface area contributed by atoms with Crippen molar-refractivity contribution < 1.29 is 0 Å². The van der Waals surface area contributed by atoms with Crippen molar-refractivity contribution in [3.63, 3.8) is 0 Å². The number of aromatic nitrogens is 2. The molecule has 0 saturated carbocycles. The fourth-order valence-corrected chi connectivity index (χ4v) is 2.38. The van der Waals surface area contributed by atoms with E-state index in [0.717, 1.165) is 11.4 Å². The number of hydrogen-bond donors (Lipinski definition) is 1. The summed E-state index contributed by atoms with van der Waals surface area (Å²) < 4.78 is 1.78. The average molecular weight is 209 g/mol. The van der Waals surface area contributed by atoms with Crippen LogP contribution in [0.25, 0.3) is 0 Å². The molecule has 0 aliphatic rings. The van der Waals surface area contributed by atoms with Crippen molar-refractivity contribution in [1.82, 2.24) is 9.78 Å². The summed E-state index contributed by atoms with van der Waals surface area (Å²) in [6.45, 7) is 11.0. The van der Waals surface area contributed by atoms with Crippen molar-refractivity contribution >= 4 is 5.82 Å². The van der Waals surface area contributed by atoms with Crippen LogP contribution in [-0.4, -0.2) is 9.78 Å². The summed E-state index contributed by atoms with van der Waals surface area (Å²) in [5.74, 6) is 2.47. The zero-order valence-electron chi connectivity index (χ0n) is 10.7. The first-order chi connectivity index (χ1) is 6.86. The zero-order valence-corrected chi connectivity index (χ0v) is 10.7. The molecule has 1 heterocycles. The predicted octanol–water partition coefficient (Wildman–Crippen LogP) is 2.71. The molecule has 0 bridgehead atoms. The number of nitrogens with two attached hydrogens (primary N) is 1. The molecule has 2 N–H and O–H groups in total. The van der Waals surface area contributed by atoms with Gasteiger partial charge in [0.2, 0.25) is 0 Å². The third kappa shape index (κ3) is 2.16. The fourth-order valence-electron chi connectivity index (χ4n) is 2.38. The van der Waals surface area contributed by atoms with E-state index in [-0.39, 0.29) is 0 Å². The van der Waals surface area contributed by atoms with Gasteiger partial charge in [0, 0.05) is 18.5 Å². The summed E-state index contributed by atoms with van der Waals surface area (Å²) in [6, 6.07) is 0. The van der Waals surface area contributed by atoms with Crippen LogP contribution in [0.4, 0.5) is 5.82 Å². The first-order valence-corrected chi connectivity index (χ1v) is 5.65. The molecule has 86 valence electrons. The van der Waals surface area contributed by atoms with E-state index in [9.17, 15) is 0 Å².